The molecular weight excluding hydrogens is 1700 g/mol. The summed E-state index contributed by atoms with van der Waals surface area (Å²) in [6.07, 6.45) is 10.3. The predicted molar refractivity (Wildman–Crippen MR) is 499 cm³/mol. The van der Waals surface area contributed by atoms with Crippen molar-refractivity contribution >= 4 is 106 Å². The van der Waals surface area contributed by atoms with Crippen molar-refractivity contribution in [1.29, 1.82) is 0 Å². The molecule has 30 nitrogen and oxygen atoms in total. The molecule has 10 aromatic carbocycles. The molecule has 133 heavy (non-hydrogen) atoms. The molecule has 0 spiro atoms. The van der Waals surface area contributed by atoms with Gasteiger partial charge >= 0.3 is 11.9 Å². The van der Waals surface area contributed by atoms with E-state index in [1.807, 2.05) is 194 Å². The molecule has 18 rings (SSSR count). The molecule has 8 heterocycles. The molecule has 686 valence electrons. The van der Waals surface area contributed by atoms with Crippen molar-refractivity contribution in [1.82, 2.24) is 0 Å². The van der Waals surface area contributed by atoms with E-state index in [1.165, 1.54) is 7.11 Å². The number of carbonyl (C=O) groups excluding carboxylic acids is 5. The number of carboxylic acid groups (broad SMARTS) is 1. The van der Waals surface area contributed by atoms with Crippen LogP contribution in [-0.4, -0.2) is 204 Å². The van der Waals surface area contributed by atoms with Gasteiger partial charge in [0.15, 0.2) is 23.0 Å². The van der Waals surface area contributed by atoms with Crippen molar-refractivity contribution < 1.29 is 105 Å². The van der Waals surface area contributed by atoms with Gasteiger partial charge in [0.25, 0.3) is 23.6 Å². The van der Waals surface area contributed by atoms with Crippen LogP contribution >= 0.6 is 0 Å². The molecule has 8 aliphatic heterocycles. The second kappa shape index (κ2) is 42.4. The number of aliphatic imine (C=N–C) groups is 4. The molecule has 1 N–H and O–H groups in total. The van der Waals surface area contributed by atoms with Crippen LogP contribution in [0.25, 0.3) is 0 Å². The monoisotopic (exact) mass is 1800 g/mol. The number of carbonyl (C=O) groups is 6. The van der Waals surface area contributed by atoms with Gasteiger partial charge in [-0.1, -0.05) is 72.8 Å². The Morgan fingerprint density at radius 1 is 0.323 bits per heavy atom. The van der Waals surface area contributed by atoms with Gasteiger partial charge in [-0.2, -0.15) is 0 Å². The zero-order valence-electron chi connectivity index (χ0n) is 74.5. The minimum Gasteiger partial charge on any atom is -0.493 e. The number of carboxylic acids is 1. The van der Waals surface area contributed by atoms with Crippen molar-refractivity contribution in [2.75, 3.05) is 133 Å². The van der Waals surface area contributed by atoms with Gasteiger partial charge in [0.1, 0.15) is 62.6 Å². The summed E-state index contributed by atoms with van der Waals surface area (Å²) in [5.41, 5.74) is 16.9. The van der Waals surface area contributed by atoms with E-state index in [2.05, 4.69) is 16.9 Å². The van der Waals surface area contributed by atoms with Crippen LogP contribution in [0.3, 0.4) is 0 Å². The Labute approximate surface area is 769 Å². The average molecular weight is 1800 g/mol. The summed E-state index contributed by atoms with van der Waals surface area (Å²) in [6, 6.07) is 56.9. The van der Waals surface area contributed by atoms with Crippen molar-refractivity contribution in [3.63, 3.8) is 0 Å². The predicted octanol–water partition coefficient (Wildman–Crippen LogP) is 15.4. The number of amides is 4. The molecule has 0 unspecified atom stereocenters. The largest absolute Gasteiger partial charge is 0.493 e. The molecular formula is C103H102N8O22. The van der Waals surface area contributed by atoms with Gasteiger partial charge in [0, 0.05) is 97.6 Å². The summed E-state index contributed by atoms with van der Waals surface area (Å²) in [7, 11) is 4.43. The smallest absolute Gasteiger partial charge is 0.307 e. The van der Waals surface area contributed by atoms with Crippen molar-refractivity contribution in [2.45, 2.75) is 103 Å². The van der Waals surface area contributed by atoms with Crippen molar-refractivity contribution in [3.8, 4) is 46.0 Å². The molecule has 0 radical (unpaired) electrons. The first-order valence-electron chi connectivity index (χ1n) is 44.3. The number of aliphatic carboxylic acids is 1. The number of esters is 1. The van der Waals surface area contributed by atoms with Crippen LogP contribution < -0.4 is 57.5 Å². The standard InChI is InChI=1S/C52H52N4O11.C51H50N4O11/c1-33-20-41-43(53-29-38-24-36-8-4-6-10-45(36)55(38)51(41)58)27-47(33)66-31-34-21-35(23-40(22-34)65-19-18-64-17-16-63-15-14-62-13-12-50(57)61-3)32-67-49-28-44-42(26-48(49)60-2)52(59)56-39(30-54-44)25-37-9-5-7-11-46(37)56;1-32-19-40-42(52-28-37-23-35-7-3-5-9-44(35)54(37)50(40)58)26-46(32)65-30-33-20-34(22-39(21-33)64-18-17-63-16-15-62-14-13-61-12-11-49(56)57)31-66-48-27-43-41(25-47(48)60-2)51(59)55-38(29-53-43)24-36-8-4-6-10-45(36)55/h4-11,20-23,26-30,38-39H,12-19,24-25,31-32H2,1-3H3;3-10,19-22,25-29,37-38H,11-18,23-24,30-31H2,1-2H3,(H,56,57)/t38-,39-;37-,38-/m00/s1. The number of anilines is 4. The summed E-state index contributed by atoms with van der Waals surface area (Å²) in [4.78, 5) is 104. The molecule has 30 heteroatoms. The van der Waals surface area contributed by atoms with Gasteiger partial charge in [-0.3, -0.25) is 68.3 Å². The zero-order chi connectivity index (χ0) is 91.9. The molecule has 0 saturated heterocycles. The van der Waals surface area contributed by atoms with Gasteiger partial charge in [0.2, 0.25) is 0 Å². The molecule has 0 aliphatic carbocycles. The molecule has 4 atom stereocenters. The zero-order valence-corrected chi connectivity index (χ0v) is 74.5. The number of aryl methyl sites for hydroxylation is 2. The molecule has 0 bridgehead atoms. The van der Waals surface area contributed by atoms with E-state index in [0.29, 0.717) is 183 Å². The fourth-order valence-electron chi connectivity index (χ4n) is 17.3. The van der Waals surface area contributed by atoms with Crippen LogP contribution in [0, 0.1) is 13.8 Å². The van der Waals surface area contributed by atoms with Crippen LogP contribution in [0.15, 0.2) is 202 Å². The number of methoxy groups -OCH3 is 3. The summed E-state index contributed by atoms with van der Waals surface area (Å²) >= 11 is 0. The van der Waals surface area contributed by atoms with Gasteiger partial charge in [-0.25, -0.2) is 0 Å². The molecule has 0 saturated carbocycles. The second-order valence-electron chi connectivity index (χ2n) is 32.7. The number of rotatable bonds is 40. The Bertz CT molecular complexity index is 6150. The molecule has 0 fully saturated rings. The van der Waals surface area contributed by atoms with E-state index in [0.717, 1.165) is 78.4 Å². The lowest BCUT2D eigenvalue weighted by molar-refractivity contribution is -0.142. The summed E-state index contributed by atoms with van der Waals surface area (Å²) in [6.45, 7) is 8.85. The highest BCUT2D eigenvalue weighted by atomic mass is 16.6. The first-order chi connectivity index (χ1) is 65.0. The number of nitrogens with zero attached hydrogens (tertiary/aromatic N) is 8. The van der Waals surface area contributed by atoms with Gasteiger partial charge in [0.05, 0.1) is 183 Å². The third-order valence-corrected chi connectivity index (χ3v) is 23.8. The fourth-order valence-corrected chi connectivity index (χ4v) is 17.3. The Hall–Kier alpha value is -14.1. The highest BCUT2D eigenvalue weighted by molar-refractivity contribution is 6.18. The number of fused-ring (bicyclic) bond motifs is 16. The Balaban J connectivity index is 0.000000185. The highest BCUT2D eigenvalue weighted by Gasteiger charge is 2.41. The van der Waals surface area contributed by atoms with E-state index < -0.39 is 5.97 Å². The third kappa shape index (κ3) is 21.1. The maximum Gasteiger partial charge on any atom is 0.307 e. The summed E-state index contributed by atoms with van der Waals surface area (Å²) in [5.74, 6) is 2.33. The SMILES string of the molecule is COC(=O)CCOCCOCCOCCOc1cc(COc2cc3c(cc2C)C(=O)N2c4ccccc4C[C@H]2C=N3)cc(COc2cc3c(cc2OC)C(=O)N2c4ccccc4C[C@H]2C=N3)c1.COc1cc2c(cc1OCc1cc(COc3cc4c(cc3C)C(=O)N3c5ccccc5C[C@H]3C=N4)cc(OCCOCCOCCOCCC(=O)O)c1)N=C[C@@H]1Cc3ccccc3N1C2=O. The Kier molecular flexibility index (Phi) is 28.9. The van der Waals surface area contributed by atoms with Crippen LogP contribution in [0.1, 0.15) is 110 Å². The normalized spacial score (nSPS) is 16.3. The summed E-state index contributed by atoms with van der Waals surface area (Å²) in [5, 5.41) is 8.71. The average Bonchev–Trinajstić information content (AvgIpc) is 1.63. The van der Waals surface area contributed by atoms with E-state index >= 15 is 0 Å². The van der Waals surface area contributed by atoms with E-state index in [9.17, 15) is 28.8 Å². The summed E-state index contributed by atoms with van der Waals surface area (Å²) < 4.78 is 87.4. The first-order valence-corrected chi connectivity index (χ1v) is 44.3. The number of benzene rings is 10. The van der Waals surface area contributed by atoms with Crippen molar-refractivity contribution in [3.05, 3.63) is 260 Å². The van der Waals surface area contributed by atoms with E-state index in [1.54, 1.807) is 48.3 Å². The lowest BCUT2D eigenvalue weighted by Crippen LogP contribution is -2.37. The lowest BCUT2D eigenvalue weighted by Gasteiger charge is -2.22. The van der Waals surface area contributed by atoms with Gasteiger partial charge in [-0.15, -0.1) is 0 Å². The highest BCUT2D eigenvalue weighted by Crippen LogP contribution is 2.47. The third-order valence-electron chi connectivity index (χ3n) is 23.8. The topological polar surface area (TPSA) is 323 Å². The minimum atomic E-state index is -0.904. The first kappa shape index (κ1) is 90.8. The fraction of sp³-hybridized carbons (Fsp3) is 0.320. The van der Waals surface area contributed by atoms with Crippen molar-refractivity contribution in [2.24, 2.45) is 20.0 Å². The minimum absolute atomic E-state index is 0.0473. The molecule has 4 amide bonds. The number of hydrogen-bond acceptors (Lipinski definition) is 25. The van der Waals surface area contributed by atoms with Gasteiger partial charge in [-0.05, 0) is 154 Å². The number of para-hydroxylation sites is 4. The Morgan fingerprint density at radius 3 is 0.910 bits per heavy atom. The van der Waals surface area contributed by atoms with Crippen LogP contribution in [-0.2, 0) is 94.9 Å². The second-order valence-corrected chi connectivity index (χ2v) is 32.7. The van der Waals surface area contributed by atoms with Crippen LogP contribution in [0.4, 0.5) is 45.5 Å². The lowest BCUT2D eigenvalue weighted by atomic mass is 10.1. The maximum atomic E-state index is 14.0. The van der Waals surface area contributed by atoms with Gasteiger partial charge < -0.3 is 76.2 Å². The number of ether oxygens (including phenoxy) is 15. The van der Waals surface area contributed by atoms with E-state index in [4.69, 9.17) is 91.4 Å². The quantitative estimate of drug-likeness (QED) is 0.0275. The molecule has 10 aromatic rings. The van der Waals surface area contributed by atoms with Crippen LogP contribution in [0.2, 0.25) is 0 Å². The molecule has 0 aromatic heterocycles. The van der Waals surface area contributed by atoms with E-state index in [-0.39, 0.29) is 119 Å². The van der Waals surface area contributed by atoms with Crippen LogP contribution in [0.5, 0.6) is 46.0 Å². The number of hydrogen-bond donors (Lipinski definition) is 1. The molecule has 8 aliphatic rings. The maximum absolute atomic E-state index is 14.0. The Morgan fingerprint density at radius 2 is 0.602 bits per heavy atom.